The van der Waals surface area contributed by atoms with E-state index in [4.69, 9.17) is 9.47 Å². The van der Waals surface area contributed by atoms with Crippen LogP contribution in [0.25, 0.3) is 0 Å². The van der Waals surface area contributed by atoms with E-state index in [0.717, 1.165) is 34.6 Å². The summed E-state index contributed by atoms with van der Waals surface area (Å²) >= 11 is 1.31. The average molecular weight is 468 g/mol. The molecule has 9 nitrogen and oxygen atoms in total. The van der Waals surface area contributed by atoms with Gasteiger partial charge in [0, 0.05) is 11.4 Å². The van der Waals surface area contributed by atoms with Crippen LogP contribution in [-0.2, 0) is 27.1 Å². The SMILES string of the molecule is C=CCN1C(=O)c2ccc(C(=O)OCC(=O)Nc3sc4c(c3C(=O)OC)CCC4)cc2C1=O. The van der Waals surface area contributed by atoms with Gasteiger partial charge in [-0.15, -0.1) is 17.9 Å². The van der Waals surface area contributed by atoms with Gasteiger partial charge in [-0.1, -0.05) is 6.08 Å². The smallest absolute Gasteiger partial charge is 0.341 e. The summed E-state index contributed by atoms with van der Waals surface area (Å²) in [5.41, 5.74) is 1.56. The Bertz CT molecular complexity index is 1210. The molecule has 33 heavy (non-hydrogen) atoms. The molecule has 0 spiro atoms. The molecule has 10 heteroatoms. The fourth-order valence-electron chi connectivity index (χ4n) is 3.90. The van der Waals surface area contributed by atoms with Crippen LogP contribution in [0.2, 0.25) is 0 Å². The zero-order valence-electron chi connectivity index (χ0n) is 17.8. The van der Waals surface area contributed by atoms with E-state index in [9.17, 15) is 24.0 Å². The molecule has 2 aliphatic rings. The molecule has 0 saturated carbocycles. The predicted octanol–water partition coefficient (Wildman–Crippen LogP) is 2.60. The molecule has 3 amide bonds. The second-order valence-corrected chi connectivity index (χ2v) is 8.55. The minimum absolute atomic E-state index is 0.0357. The zero-order valence-corrected chi connectivity index (χ0v) is 18.6. The highest BCUT2D eigenvalue weighted by atomic mass is 32.1. The van der Waals surface area contributed by atoms with E-state index in [2.05, 4.69) is 11.9 Å². The monoisotopic (exact) mass is 468 g/mol. The van der Waals surface area contributed by atoms with Crippen LogP contribution in [0.1, 0.15) is 58.3 Å². The average Bonchev–Trinajstić information content (AvgIpc) is 3.45. The molecular weight excluding hydrogens is 448 g/mol. The van der Waals surface area contributed by atoms with Gasteiger partial charge in [0.2, 0.25) is 0 Å². The first-order valence-corrected chi connectivity index (χ1v) is 11.0. The molecule has 0 radical (unpaired) electrons. The summed E-state index contributed by atoms with van der Waals surface area (Å²) in [7, 11) is 1.28. The number of nitrogens with one attached hydrogen (secondary N) is 1. The minimum atomic E-state index is -0.822. The second kappa shape index (κ2) is 8.99. The molecule has 170 valence electrons. The number of imide groups is 1. The fourth-order valence-corrected chi connectivity index (χ4v) is 5.19. The predicted molar refractivity (Wildman–Crippen MR) is 119 cm³/mol. The number of aryl methyl sites for hydroxylation is 1. The van der Waals surface area contributed by atoms with E-state index in [1.54, 1.807) is 0 Å². The first kappa shape index (κ1) is 22.4. The normalized spacial score (nSPS) is 14.0. The van der Waals surface area contributed by atoms with E-state index in [1.807, 2.05) is 0 Å². The Morgan fingerprint density at radius 2 is 1.91 bits per heavy atom. The maximum Gasteiger partial charge on any atom is 0.341 e. The van der Waals surface area contributed by atoms with Crippen LogP contribution in [0.4, 0.5) is 5.00 Å². The number of esters is 2. The number of hydrogen-bond donors (Lipinski definition) is 1. The lowest BCUT2D eigenvalue weighted by molar-refractivity contribution is -0.119. The topological polar surface area (TPSA) is 119 Å². The van der Waals surface area contributed by atoms with E-state index in [1.165, 1.54) is 42.7 Å². The summed E-state index contributed by atoms with van der Waals surface area (Å²) in [4.78, 5) is 63.7. The molecule has 2 heterocycles. The lowest BCUT2D eigenvalue weighted by Gasteiger charge is -2.09. The Hall–Kier alpha value is -3.79. The number of thiophene rings is 1. The number of rotatable bonds is 7. The summed E-state index contributed by atoms with van der Waals surface area (Å²) in [6.45, 7) is 3.00. The third-order valence-corrected chi connectivity index (χ3v) is 6.62. The molecule has 1 aliphatic heterocycles. The number of hydrogen-bond acceptors (Lipinski definition) is 8. The number of methoxy groups -OCH3 is 1. The van der Waals surface area contributed by atoms with Gasteiger partial charge in [-0.25, -0.2) is 9.59 Å². The first-order chi connectivity index (χ1) is 15.8. The lowest BCUT2D eigenvalue weighted by Crippen LogP contribution is -2.29. The summed E-state index contributed by atoms with van der Waals surface area (Å²) in [6, 6.07) is 4.02. The third kappa shape index (κ3) is 4.05. The van der Waals surface area contributed by atoms with Gasteiger partial charge in [0.1, 0.15) is 5.00 Å². The Balaban J connectivity index is 1.42. The molecule has 0 bridgehead atoms. The maximum absolute atomic E-state index is 12.4. The lowest BCUT2D eigenvalue weighted by atomic mass is 10.1. The van der Waals surface area contributed by atoms with Gasteiger partial charge in [0.05, 0.1) is 29.4 Å². The van der Waals surface area contributed by atoms with Crippen LogP contribution < -0.4 is 5.32 Å². The summed E-state index contributed by atoms with van der Waals surface area (Å²) in [6.07, 6.45) is 3.95. The number of anilines is 1. The zero-order chi connectivity index (χ0) is 23.7. The quantitative estimate of drug-likeness (QED) is 0.377. The van der Waals surface area contributed by atoms with Crippen molar-refractivity contribution in [2.45, 2.75) is 19.3 Å². The van der Waals surface area contributed by atoms with Gasteiger partial charge in [-0.2, -0.15) is 0 Å². The molecule has 0 atom stereocenters. The van der Waals surface area contributed by atoms with Crippen LogP contribution >= 0.6 is 11.3 Å². The Morgan fingerprint density at radius 1 is 1.15 bits per heavy atom. The molecule has 0 fully saturated rings. The largest absolute Gasteiger partial charge is 0.465 e. The maximum atomic E-state index is 12.4. The van der Waals surface area contributed by atoms with Crippen LogP contribution in [0, 0.1) is 0 Å². The van der Waals surface area contributed by atoms with Crippen molar-refractivity contribution in [1.29, 1.82) is 0 Å². The molecule has 1 aromatic heterocycles. The number of ether oxygens (including phenoxy) is 2. The van der Waals surface area contributed by atoms with Crippen LogP contribution in [0.15, 0.2) is 30.9 Å². The first-order valence-electron chi connectivity index (χ1n) is 10.2. The molecule has 1 aliphatic carbocycles. The van der Waals surface area contributed by atoms with Gasteiger partial charge in [-0.3, -0.25) is 19.3 Å². The van der Waals surface area contributed by atoms with Gasteiger partial charge in [-0.05, 0) is 43.0 Å². The molecule has 2 aromatic rings. The van der Waals surface area contributed by atoms with Crippen LogP contribution in [-0.4, -0.2) is 54.8 Å². The molecule has 0 saturated heterocycles. The van der Waals surface area contributed by atoms with Crippen molar-refractivity contribution in [2.75, 3.05) is 25.6 Å². The number of carbonyl (C=O) groups excluding carboxylic acids is 5. The van der Waals surface area contributed by atoms with Crippen molar-refractivity contribution in [3.8, 4) is 0 Å². The van der Waals surface area contributed by atoms with Crippen LogP contribution in [0.3, 0.4) is 0 Å². The minimum Gasteiger partial charge on any atom is -0.465 e. The molecule has 0 unspecified atom stereocenters. The number of fused-ring (bicyclic) bond motifs is 2. The second-order valence-electron chi connectivity index (χ2n) is 7.45. The van der Waals surface area contributed by atoms with Crippen molar-refractivity contribution in [2.24, 2.45) is 0 Å². The number of amides is 3. The molecular formula is C23H20N2O7S. The molecule has 4 rings (SSSR count). The third-order valence-electron chi connectivity index (χ3n) is 5.42. The van der Waals surface area contributed by atoms with Crippen molar-refractivity contribution >= 4 is 46.0 Å². The Kier molecular flexibility index (Phi) is 6.10. The number of nitrogens with zero attached hydrogens (tertiary/aromatic N) is 1. The van der Waals surface area contributed by atoms with Gasteiger partial charge in [0.15, 0.2) is 6.61 Å². The number of benzene rings is 1. The van der Waals surface area contributed by atoms with E-state index in [-0.39, 0.29) is 23.2 Å². The Labute approximate surface area is 193 Å². The summed E-state index contributed by atoms with van der Waals surface area (Å²) < 4.78 is 9.92. The van der Waals surface area contributed by atoms with Crippen molar-refractivity contribution in [3.63, 3.8) is 0 Å². The standard InChI is InChI=1S/C23H20N2O7S/c1-3-9-25-20(27)13-8-7-12(10-15(13)21(25)28)22(29)32-11-17(26)24-19-18(23(30)31-2)14-5-4-6-16(14)33-19/h3,7-8,10H,1,4-6,9,11H2,2H3,(H,24,26). The highest BCUT2D eigenvalue weighted by molar-refractivity contribution is 7.17. The van der Waals surface area contributed by atoms with E-state index in [0.29, 0.717) is 10.6 Å². The summed E-state index contributed by atoms with van der Waals surface area (Å²) in [5.74, 6) is -2.94. The Morgan fingerprint density at radius 3 is 2.64 bits per heavy atom. The summed E-state index contributed by atoms with van der Waals surface area (Å²) in [5, 5.41) is 2.99. The molecule has 1 N–H and O–H groups in total. The van der Waals surface area contributed by atoms with E-state index >= 15 is 0 Å². The highest BCUT2D eigenvalue weighted by Gasteiger charge is 2.35. The van der Waals surface area contributed by atoms with E-state index < -0.39 is 36.3 Å². The van der Waals surface area contributed by atoms with Crippen molar-refractivity contribution < 1.29 is 33.4 Å². The van der Waals surface area contributed by atoms with Crippen molar-refractivity contribution in [1.82, 2.24) is 4.90 Å². The van der Waals surface area contributed by atoms with Crippen molar-refractivity contribution in [3.05, 3.63) is 63.5 Å². The van der Waals surface area contributed by atoms with Gasteiger partial charge in [0.25, 0.3) is 17.7 Å². The number of carbonyl (C=O) groups is 5. The van der Waals surface area contributed by atoms with Crippen LogP contribution in [0.5, 0.6) is 0 Å². The fraction of sp³-hybridized carbons (Fsp3) is 0.261. The van der Waals surface area contributed by atoms with Gasteiger partial charge >= 0.3 is 11.9 Å². The van der Waals surface area contributed by atoms with Gasteiger partial charge < -0.3 is 14.8 Å². The highest BCUT2D eigenvalue weighted by Crippen LogP contribution is 2.39. The molecule has 1 aromatic carbocycles.